The number of nitrogens with zero attached hydrogens (tertiary/aromatic N) is 1. The number of carbonyl (C=O) groups is 1. The number of halogens is 1. The second-order valence-electron chi connectivity index (χ2n) is 3.91. The van der Waals surface area contributed by atoms with Crippen LogP contribution in [-0.4, -0.2) is 33.2 Å². The van der Waals surface area contributed by atoms with E-state index in [-0.39, 0.29) is 17.8 Å². The Bertz CT molecular complexity index is 437. The molecule has 1 atom stereocenters. The summed E-state index contributed by atoms with van der Waals surface area (Å²) in [6.45, 7) is 0.863. The van der Waals surface area contributed by atoms with Crippen molar-refractivity contribution >= 4 is 11.6 Å². The molecule has 1 amide bonds. The molecule has 0 aliphatic carbocycles. The first-order valence-corrected chi connectivity index (χ1v) is 5.46. The molecule has 0 aromatic heterocycles. The fourth-order valence-corrected chi connectivity index (χ4v) is 2.09. The predicted molar refractivity (Wildman–Crippen MR) is 62.4 cm³/mol. The first-order chi connectivity index (χ1) is 8.19. The summed E-state index contributed by atoms with van der Waals surface area (Å²) in [4.78, 5) is 13.7. The summed E-state index contributed by atoms with van der Waals surface area (Å²) in [5.74, 6) is -0.402. The number of rotatable bonds is 4. The van der Waals surface area contributed by atoms with Gasteiger partial charge < -0.3 is 15.0 Å². The quantitative estimate of drug-likeness (QED) is 0.853. The Balaban J connectivity index is 2.37. The Morgan fingerprint density at radius 2 is 2.29 bits per heavy atom. The average Bonchev–Trinajstić information content (AvgIpc) is 2.58. The molecule has 1 N–H and O–H groups in total. The van der Waals surface area contributed by atoms with Crippen LogP contribution in [0.25, 0.3) is 0 Å². The van der Waals surface area contributed by atoms with Crippen LogP contribution in [-0.2, 0) is 9.53 Å². The first-order valence-electron chi connectivity index (χ1n) is 5.46. The Morgan fingerprint density at radius 3 is 2.94 bits per heavy atom. The molecule has 1 aliphatic rings. The van der Waals surface area contributed by atoms with Crippen molar-refractivity contribution in [3.8, 4) is 0 Å². The van der Waals surface area contributed by atoms with Gasteiger partial charge in [-0.05, 0) is 19.2 Å². The predicted octanol–water partition coefficient (Wildman–Crippen LogP) is 1.08. The largest absolute Gasteiger partial charge is 0.383 e. The van der Waals surface area contributed by atoms with Gasteiger partial charge >= 0.3 is 0 Å². The number of carbonyl (C=O) groups excluding carboxylic acids is 1. The molecule has 5 heteroatoms. The highest BCUT2D eigenvalue weighted by Crippen LogP contribution is 2.35. The number of anilines is 1. The topological polar surface area (TPSA) is 41.6 Å². The monoisotopic (exact) mass is 238 g/mol. The van der Waals surface area contributed by atoms with Crippen molar-refractivity contribution in [3.63, 3.8) is 0 Å². The molecule has 0 saturated heterocycles. The van der Waals surface area contributed by atoms with Gasteiger partial charge in [-0.15, -0.1) is 0 Å². The molecule has 0 bridgehead atoms. The van der Waals surface area contributed by atoms with E-state index in [9.17, 15) is 9.18 Å². The zero-order valence-electron chi connectivity index (χ0n) is 9.87. The fourth-order valence-electron chi connectivity index (χ4n) is 2.09. The molecule has 1 aromatic carbocycles. The van der Waals surface area contributed by atoms with Crippen molar-refractivity contribution in [2.24, 2.45) is 0 Å². The molecule has 17 heavy (non-hydrogen) atoms. The lowest BCUT2D eigenvalue weighted by atomic mass is 10.1. The Hall–Kier alpha value is -1.46. The third-order valence-corrected chi connectivity index (χ3v) is 2.91. The molecule has 2 rings (SSSR count). The van der Waals surface area contributed by atoms with Crippen molar-refractivity contribution < 1.29 is 13.9 Å². The van der Waals surface area contributed by atoms with Crippen molar-refractivity contribution in [2.45, 2.75) is 6.04 Å². The van der Waals surface area contributed by atoms with E-state index in [4.69, 9.17) is 4.74 Å². The summed E-state index contributed by atoms with van der Waals surface area (Å²) >= 11 is 0. The van der Waals surface area contributed by atoms with Crippen molar-refractivity contribution in [3.05, 3.63) is 29.6 Å². The molecule has 1 unspecified atom stereocenters. The SMILES string of the molecule is CNC1C(=O)N(CCOC)c2cc(F)ccc21. The molecule has 0 fully saturated rings. The Kier molecular flexibility index (Phi) is 3.40. The molecule has 92 valence electrons. The molecule has 1 aromatic rings. The van der Waals surface area contributed by atoms with Gasteiger partial charge in [-0.2, -0.15) is 0 Å². The van der Waals surface area contributed by atoms with Crippen molar-refractivity contribution in [1.82, 2.24) is 5.32 Å². The van der Waals surface area contributed by atoms with E-state index in [0.29, 0.717) is 18.8 Å². The zero-order valence-corrected chi connectivity index (χ0v) is 9.87. The zero-order chi connectivity index (χ0) is 12.4. The third-order valence-electron chi connectivity index (χ3n) is 2.91. The normalized spacial score (nSPS) is 18.6. The summed E-state index contributed by atoms with van der Waals surface area (Å²) in [6.07, 6.45) is 0. The second-order valence-corrected chi connectivity index (χ2v) is 3.91. The van der Waals surface area contributed by atoms with Gasteiger partial charge in [0, 0.05) is 19.2 Å². The van der Waals surface area contributed by atoms with Crippen molar-refractivity contribution in [2.75, 3.05) is 32.2 Å². The number of fused-ring (bicyclic) bond motifs is 1. The Labute approximate surface area is 99.4 Å². The lowest BCUT2D eigenvalue weighted by Crippen LogP contribution is -2.35. The van der Waals surface area contributed by atoms with Crippen LogP contribution in [0.4, 0.5) is 10.1 Å². The third kappa shape index (κ3) is 2.03. The minimum atomic E-state index is -0.387. The highest BCUT2D eigenvalue weighted by molar-refractivity contribution is 6.04. The van der Waals surface area contributed by atoms with E-state index in [1.54, 1.807) is 25.1 Å². The number of hydrogen-bond acceptors (Lipinski definition) is 3. The molecule has 0 spiro atoms. The number of hydrogen-bond donors (Lipinski definition) is 1. The van der Waals surface area contributed by atoms with Gasteiger partial charge in [0.25, 0.3) is 0 Å². The van der Waals surface area contributed by atoms with Crippen LogP contribution in [0, 0.1) is 5.82 Å². The minimum Gasteiger partial charge on any atom is -0.383 e. The van der Waals surface area contributed by atoms with Crippen LogP contribution in [0.5, 0.6) is 0 Å². The molecular formula is C12H15FN2O2. The van der Waals surface area contributed by atoms with Gasteiger partial charge in [0.2, 0.25) is 5.91 Å². The first kappa shape index (κ1) is 12.0. The molecule has 0 radical (unpaired) electrons. The molecule has 4 nitrogen and oxygen atoms in total. The number of nitrogens with one attached hydrogen (secondary N) is 1. The van der Waals surface area contributed by atoms with Gasteiger partial charge in [0.05, 0.1) is 12.3 Å². The number of methoxy groups -OCH3 is 1. The van der Waals surface area contributed by atoms with Gasteiger partial charge in [0.15, 0.2) is 0 Å². The number of benzene rings is 1. The van der Waals surface area contributed by atoms with Crippen LogP contribution in [0.1, 0.15) is 11.6 Å². The maximum absolute atomic E-state index is 13.2. The Morgan fingerprint density at radius 1 is 1.53 bits per heavy atom. The summed E-state index contributed by atoms with van der Waals surface area (Å²) in [6, 6.07) is 4.02. The maximum Gasteiger partial charge on any atom is 0.248 e. The lowest BCUT2D eigenvalue weighted by molar-refractivity contribution is -0.120. The summed E-state index contributed by atoms with van der Waals surface area (Å²) < 4.78 is 18.2. The number of amides is 1. The standard InChI is InChI=1S/C12H15FN2O2/c1-14-11-9-4-3-8(13)7-10(9)15(12(11)16)5-6-17-2/h3-4,7,11,14H,5-6H2,1-2H3. The summed E-state index contributed by atoms with van der Waals surface area (Å²) in [7, 11) is 3.29. The van der Waals surface area contributed by atoms with Crippen LogP contribution < -0.4 is 10.2 Å². The van der Waals surface area contributed by atoms with Crippen LogP contribution in [0.2, 0.25) is 0 Å². The molecule has 1 aliphatic heterocycles. The molecular weight excluding hydrogens is 223 g/mol. The van der Waals surface area contributed by atoms with Crippen LogP contribution >= 0.6 is 0 Å². The van der Waals surface area contributed by atoms with Gasteiger partial charge in [-0.3, -0.25) is 4.79 Å². The summed E-state index contributed by atoms with van der Waals surface area (Å²) in [5, 5.41) is 2.94. The molecule has 1 heterocycles. The minimum absolute atomic E-state index is 0.0647. The average molecular weight is 238 g/mol. The van der Waals surface area contributed by atoms with Gasteiger partial charge in [-0.25, -0.2) is 4.39 Å². The maximum atomic E-state index is 13.2. The smallest absolute Gasteiger partial charge is 0.248 e. The van der Waals surface area contributed by atoms with Crippen LogP contribution in [0.15, 0.2) is 18.2 Å². The van der Waals surface area contributed by atoms with Gasteiger partial charge in [0.1, 0.15) is 11.9 Å². The highest BCUT2D eigenvalue weighted by Gasteiger charge is 2.36. The van der Waals surface area contributed by atoms with E-state index in [1.807, 2.05) is 0 Å². The van der Waals surface area contributed by atoms with E-state index in [2.05, 4.69) is 5.32 Å². The second kappa shape index (κ2) is 4.81. The van der Waals surface area contributed by atoms with E-state index >= 15 is 0 Å². The van der Waals surface area contributed by atoms with E-state index in [1.165, 1.54) is 12.1 Å². The van der Waals surface area contributed by atoms with Gasteiger partial charge in [-0.1, -0.05) is 6.07 Å². The highest BCUT2D eigenvalue weighted by atomic mass is 19.1. The van der Waals surface area contributed by atoms with Crippen LogP contribution in [0.3, 0.4) is 0 Å². The number of ether oxygens (including phenoxy) is 1. The molecule has 0 saturated carbocycles. The lowest BCUT2D eigenvalue weighted by Gasteiger charge is -2.17. The number of likely N-dealkylation sites (N-methyl/N-ethyl adjacent to an activating group) is 1. The summed E-state index contributed by atoms with van der Waals surface area (Å²) in [5.41, 5.74) is 1.45. The van der Waals surface area contributed by atoms with E-state index < -0.39 is 0 Å². The van der Waals surface area contributed by atoms with E-state index in [0.717, 1.165) is 5.56 Å². The fraction of sp³-hybridized carbons (Fsp3) is 0.417. The van der Waals surface area contributed by atoms with Crippen molar-refractivity contribution in [1.29, 1.82) is 0 Å².